The second kappa shape index (κ2) is 12.1. The quantitative estimate of drug-likeness (QED) is 0.236. The van der Waals surface area contributed by atoms with Gasteiger partial charge in [0.25, 0.3) is 10.1 Å². The number of fused-ring (bicyclic) bond motifs is 5. The van der Waals surface area contributed by atoms with Gasteiger partial charge >= 0.3 is 20.8 Å². The second-order valence-electron chi connectivity index (χ2n) is 13.5. The van der Waals surface area contributed by atoms with Gasteiger partial charge < -0.3 is 5.32 Å². The lowest BCUT2D eigenvalue weighted by Gasteiger charge is -2.62. The van der Waals surface area contributed by atoms with Gasteiger partial charge in [-0.25, -0.2) is 8.37 Å². The molecule has 0 heterocycles. The van der Waals surface area contributed by atoms with E-state index >= 15 is 0 Å². The van der Waals surface area contributed by atoms with Crippen LogP contribution in [0.3, 0.4) is 0 Å². The summed E-state index contributed by atoms with van der Waals surface area (Å²) < 4.78 is 107. The van der Waals surface area contributed by atoms with Gasteiger partial charge in [0.05, 0.1) is 18.0 Å². The molecule has 10 atom stereocenters. The smallest absolute Gasteiger partial charge is 0.355 e. The molecule has 4 aliphatic carbocycles. The molecule has 4 fully saturated rings. The Morgan fingerprint density at radius 2 is 1.57 bits per heavy atom. The predicted octanol–water partition coefficient (Wildman–Crippen LogP) is 3.05. The van der Waals surface area contributed by atoms with Crippen molar-refractivity contribution in [2.45, 2.75) is 97.2 Å². The first-order valence-corrected chi connectivity index (χ1v) is 19.1. The van der Waals surface area contributed by atoms with Gasteiger partial charge in [-0.05, 0) is 98.7 Å². The van der Waals surface area contributed by atoms with E-state index in [9.17, 15) is 39.2 Å². The average molecular weight is 660 g/mol. The first-order valence-electron chi connectivity index (χ1n) is 14.8. The highest BCUT2D eigenvalue weighted by Gasteiger charge is 2.65. The van der Waals surface area contributed by atoms with E-state index in [2.05, 4.69) is 19.2 Å². The number of carbonyl (C=O) groups is 1. The summed E-state index contributed by atoms with van der Waals surface area (Å²) in [5.74, 6) is -0.232. The molecule has 0 aromatic heterocycles. The fraction of sp³-hybridized carbons (Fsp3) is 0.962. The molecule has 1 amide bonds. The molecule has 13 nitrogen and oxygen atoms in total. The van der Waals surface area contributed by atoms with Crippen LogP contribution < -0.4 is 5.32 Å². The summed E-state index contributed by atoms with van der Waals surface area (Å²) in [6.07, 6.45) is 4.70. The maximum absolute atomic E-state index is 12.3. The molecule has 42 heavy (non-hydrogen) atoms. The van der Waals surface area contributed by atoms with E-state index in [0.29, 0.717) is 32.1 Å². The summed E-state index contributed by atoms with van der Waals surface area (Å²) in [7, 11) is -13.5. The van der Waals surface area contributed by atoms with Gasteiger partial charge in [0.1, 0.15) is 0 Å². The summed E-state index contributed by atoms with van der Waals surface area (Å²) in [5.41, 5.74) is -0.791. The zero-order valence-corrected chi connectivity index (χ0v) is 26.8. The van der Waals surface area contributed by atoms with Crippen molar-refractivity contribution >= 4 is 36.8 Å². The van der Waals surface area contributed by atoms with E-state index in [1.54, 1.807) is 0 Å². The molecule has 4 saturated carbocycles. The maximum Gasteiger partial charge on any atom is 0.397 e. The molecular formula is C26H45NO12S3. The predicted molar refractivity (Wildman–Crippen MR) is 151 cm³/mol. The lowest BCUT2D eigenvalue weighted by molar-refractivity contribution is -0.167. The Hall–Kier alpha value is -0.880. The topological polar surface area (TPSA) is 211 Å². The van der Waals surface area contributed by atoms with Crippen molar-refractivity contribution in [2.24, 2.45) is 46.3 Å². The van der Waals surface area contributed by atoms with Crippen LogP contribution in [0.15, 0.2) is 0 Å². The Morgan fingerprint density at radius 1 is 0.905 bits per heavy atom. The monoisotopic (exact) mass is 659 g/mol. The minimum absolute atomic E-state index is 0.0105. The van der Waals surface area contributed by atoms with Crippen LogP contribution in [0.5, 0.6) is 0 Å². The highest BCUT2D eigenvalue weighted by molar-refractivity contribution is 7.85. The molecule has 4 rings (SSSR count). The van der Waals surface area contributed by atoms with E-state index in [1.807, 2.05) is 6.92 Å². The van der Waals surface area contributed by atoms with Crippen molar-refractivity contribution in [3.05, 3.63) is 0 Å². The number of nitrogens with one attached hydrogen (secondary N) is 1. The van der Waals surface area contributed by atoms with Crippen molar-refractivity contribution in [3.8, 4) is 0 Å². The zero-order valence-electron chi connectivity index (χ0n) is 24.3. The SMILES string of the molecule is C[C@H](CCC(=O)NCCS(=O)(=O)O)[C@H]1CC[C@H]2[C@@H]3CC[C@@H]4C[C@H](OS(=O)(=O)O)CC[C@]4(C)[C@H]3C[C@H](OS(=O)(=O)O)[C@]12C. The average Bonchev–Trinajstić information content (AvgIpc) is 3.19. The summed E-state index contributed by atoms with van der Waals surface area (Å²) >= 11 is 0. The molecule has 4 N–H and O–H groups in total. The van der Waals surface area contributed by atoms with E-state index in [4.69, 9.17) is 12.9 Å². The second-order valence-corrected chi connectivity index (χ2v) is 17.2. The van der Waals surface area contributed by atoms with Gasteiger partial charge in [0.15, 0.2) is 0 Å². The standard InChI is InChI=1S/C26H45NO12S3/c1-16(4-9-24(28)27-12-13-40(29,30)31)20-7-8-21-19-6-5-17-14-18(38-41(32,33)34)10-11-25(17,2)22(19)15-23(26(20,21)3)39-42(35,36)37/h16-23H,4-15H2,1-3H3,(H,27,28)(H,29,30,31)(H,32,33,34)(H,35,36,37)/t16-,17-,18-,19+,20-,21+,22+,23+,25+,26-/m1/s1. The summed E-state index contributed by atoms with van der Waals surface area (Å²) in [6.45, 7) is 6.07. The van der Waals surface area contributed by atoms with E-state index in [1.165, 1.54) is 0 Å². The van der Waals surface area contributed by atoms with Crippen LogP contribution in [-0.4, -0.2) is 69.3 Å². The molecule has 0 unspecified atom stereocenters. The third-order valence-corrected chi connectivity index (χ3v) is 13.2. The Kier molecular flexibility index (Phi) is 9.83. The minimum atomic E-state index is -4.76. The van der Waals surface area contributed by atoms with Crippen molar-refractivity contribution in [1.82, 2.24) is 5.32 Å². The van der Waals surface area contributed by atoms with Gasteiger partial charge in [-0.15, -0.1) is 0 Å². The lowest BCUT2D eigenvalue weighted by Crippen LogP contribution is -2.59. The van der Waals surface area contributed by atoms with Crippen LogP contribution in [0.25, 0.3) is 0 Å². The molecule has 16 heteroatoms. The Bertz CT molecular complexity index is 1340. The van der Waals surface area contributed by atoms with Gasteiger partial charge in [-0.3, -0.25) is 18.5 Å². The van der Waals surface area contributed by atoms with E-state index in [0.717, 1.165) is 25.7 Å². The minimum Gasteiger partial charge on any atom is -0.355 e. The van der Waals surface area contributed by atoms with Gasteiger partial charge in [0.2, 0.25) is 5.91 Å². The van der Waals surface area contributed by atoms with Crippen LogP contribution >= 0.6 is 0 Å². The van der Waals surface area contributed by atoms with E-state index in [-0.39, 0.29) is 59.8 Å². The molecule has 0 aliphatic heterocycles. The van der Waals surface area contributed by atoms with Crippen molar-refractivity contribution in [1.29, 1.82) is 0 Å². The number of hydrogen-bond donors (Lipinski definition) is 4. The molecule has 4 aliphatic rings. The highest BCUT2D eigenvalue weighted by atomic mass is 32.3. The van der Waals surface area contributed by atoms with Crippen LogP contribution in [-0.2, 0) is 44.1 Å². The molecule has 0 saturated heterocycles. The number of hydrogen-bond acceptors (Lipinski definition) is 9. The Balaban J connectivity index is 1.51. The molecule has 0 aromatic rings. The van der Waals surface area contributed by atoms with Gasteiger partial charge in [0, 0.05) is 18.4 Å². The van der Waals surface area contributed by atoms with Gasteiger partial charge in [-0.1, -0.05) is 20.8 Å². The Labute approximate surface area is 249 Å². The van der Waals surface area contributed by atoms with Crippen LogP contribution in [0.2, 0.25) is 0 Å². The first kappa shape index (κ1) is 34.0. The summed E-state index contributed by atoms with van der Waals surface area (Å²) in [6, 6.07) is 0. The molecule has 0 spiro atoms. The third kappa shape index (κ3) is 7.49. The molecule has 0 aromatic carbocycles. The largest absolute Gasteiger partial charge is 0.397 e. The van der Waals surface area contributed by atoms with Crippen molar-refractivity contribution in [2.75, 3.05) is 12.3 Å². The fourth-order valence-corrected chi connectivity index (χ4v) is 11.1. The van der Waals surface area contributed by atoms with Crippen molar-refractivity contribution < 1.29 is 52.1 Å². The van der Waals surface area contributed by atoms with Crippen molar-refractivity contribution in [3.63, 3.8) is 0 Å². The number of amides is 1. The van der Waals surface area contributed by atoms with E-state index < -0.39 is 54.3 Å². The number of rotatable bonds is 11. The summed E-state index contributed by atoms with van der Waals surface area (Å²) in [4.78, 5) is 12.3. The number of carbonyl (C=O) groups excluding carboxylic acids is 1. The fourth-order valence-electron chi connectivity index (χ4n) is 9.63. The Morgan fingerprint density at radius 3 is 2.19 bits per heavy atom. The van der Waals surface area contributed by atoms with Crippen LogP contribution in [0, 0.1) is 46.3 Å². The molecule has 244 valence electrons. The molecular weight excluding hydrogens is 614 g/mol. The highest BCUT2D eigenvalue weighted by Crippen LogP contribution is 2.69. The normalized spacial score (nSPS) is 39.5. The van der Waals surface area contributed by atoms with Gasteiger partial charge in [-0.2, -0.15) is 25.3 Å². The van der Waals surface area contributed by atoms with Crippen LogP contribution in [0.4, 0.5) is 0 Å². The molecule has 0 bridgehead atoms. The third-order valence-electron chi connectivity index (χ3n) is 11.5. The van der Waals surface area contributed by atoms with Crippen LogP contribution in [0.1, 0.15) is 85.0 Å². The first-order chi connectivity index (χ1) is 19.2. The zero-order chi connectivity index (χ0) is 31.3. The molecule has 0 radical (unpaired) electrons. The lowest BCUT2D eigenvalue weighted by atomic mass is 9.43. The maximum atomic E-state index is 12.3. The summed E-state index contributed by atoms with van der Waals surface area (Å²) in [5, 5.41) is 2.50.